The van der Waals surface area contributed by atoms with E-state index in [1.807, 2.05) is 18.2 Å². The van der Waals surface area contributed by atoms with Gasteiger partial charge in [-0.25, -0.2) is 0 Å². The minimum Gasteiger partial charge on any atom is -0.399 e. The molecular formula is C12H15BrN2OS. The molecule has 0 aromatic heterocycles. The Labute approximate surface area is 114 Å². The van der Waals surface area contributed by atoms with E-state index < -0.39 is 0 Å². The van der Waals surface area contributed by atoms with Crippen LogP contribution in [0.25, 0.3) is 0 Å². The lowest BCUT2D eigenvalue weighted by Gasteiger charge is -2.13. The number of nitrogens with one attached hydrogen (secondary N) is 1. The molecule has 2 rings (SSSR count). The molecule has 17 heavy (non-hydrogen) atoms. The number of rotatable bonds is 2. The number of nitrogens with two attached hydrogens (primary N) is 1. The number of thioether (sulfide) groups is 1. The fourth-order valence-electron chi connectivity index (χ4n) is 1.79. The standard InChI is InChI=1S/C12H15BrN2OS/c13-9-7-8(14)4-5-10(9)17-11-3-1-2-6-15-12(11)16/h4-5,7,11H,1-3,6,14H2,(H,15,16). The number of carbonyl (C=O) groups is 1. The zero-order valence-electron chi connectivity index (χ0n) is 9.41. The van der Waals surface area contributed by atoms with E-state index in [1.165, 1.54) is 0 Å². The summed E-state index contributed by atoms with van der Waals surface area (Å²) in [6.45, 7) is 0.804. The molecule has 1 heterocycles. The van der Waals surface area contributed by atoms with Crippen molar-refractivity contribution in [1.82, 2.24) is 5.32 Å². The summed E-state index contributed by atoms with van der Waals surface area (Å²) in [5.41, 5.74) is 6.42. The first-order valence-corrected chi connectivity index (χ1v) is 7.33. The van der Waals surface area contributed by atoms with Gasteiger partial charge in [-0.1, -0.05) is 6.42 Å². The van der Waals surface area contributed by atoms with Gasteiger partial charge in [-0.3, -0.25) is 4.79 Å². The highest BCUT2D eigenvalue weighted by molar-refractivity contribution is 9.10. The Morgan fingerprint density at radius 1 is 1.41 bits per heavy atom. The third-order valence-corrected chi connectivity index (χ3v) is 4.97. The van der Waals surface area contributed by atoms with Crippen molar-refractivity contribution in [2.45, 2.75) is 29.4 Å². The third-order valence-electron chi connectivity index (χ3n) is 2.71. The Morgan fingerprint density at radius 2 is 2.24 bits per heavy atom. The van der Waals surface area contributed by atoms with Crippen molar-refractivity contribution in [2.24, 2.45) is 0 Å². The molecule has 0 saturated carbocycles. The second-order valence-electron chi connectivity index (χ2n) is 4.08. The van der Waals surface area contributed by atoms with Crippen LogP contribution in [0.2, 0.25) is 0 Å². The van der Waals surface area contributed by atoms with E-state index in [1.54, 1.807) is 11.8 Å². The predicted octanol–water partition coefficient (Wildman–Crippen LogP) is 2.79. The Bertz CT molecular complexity index is 425. The van der Waals surface area contributed by atoms with E-state index in [-0.39, 0.29) is 11.2 Å². The van der Waals surface area contributed by atoms with Gasteiger partial charge in [0, 0.05) is 21.6 Å². The maximum absolute atomic E-state index is 11.8. The lowest BCUT2D eigenvalue weighted by atomic mass is 10.2. The fraction of sp³-hybridized carbons (Fsp3) is 0.417. The molecule has 1 aliphatic heterocycles. The van der Waals surface area contributed by atoms with Crippen molar-refractivity contribution < 1.29 is 4.79 Å². The zero-order valence-corrected chi connectivity index (χ0v) is 11.8. The summed E-state index contributed by atoms with van der Waals surface area (Å²) in [6, 6.07) is 5.70. The van der Waals surface area contributed by atoms with Gasteiger partial charge in [-0.05, 0) is 47.0 Å². The van der Waals surface area contributed by atoms with E-state index >= 15 is 0 Å². The highest BCUT2D eigenvalue weighted by Gasteiger charge is 2.22. The lowest BCUT2D eigenvalue weighted by Crippen LogP contribution is -2.30. The fourth-order valence-corrected chi connectivity index (χ4v) is 3.57. The van der Waals surface area contributed by atoms with Crippen LogP contribution in [-0.2, 0) is 4.79 Å². The van der Waals surface area contributed by atoms with Crippen LogP contribution in [0, 0.1) is 0 Å². The highest BCUT2D eigenvalue weighted by atomic mass is 79.9. The average Bonchev–Trinajstić information content (AvgIpc) is 2.48. The van der Waals surface area contributed by atoms with E-state index in [2.05, 4.69) is 21.2 Å². The van der Waals surface area contributed by atoms with Crippen LogP contribution in [0.1, 0.15) is 19.3 Å². The molecule has 92 valence electrons. The van der Waals surface area contributed by atoms with Crippen LogP contribution in [0.3, 0.4) is 0 Å². The van der Waals surface area contributed by atoms with Gasteiger partial charge >= 0.3 is 0 Å². The molecule has 3 N–H and O–H groups in total. The second-order valence-corrected chi connectivity index (χ2v) is 6.18. The first-order chi connectivity index (χ1) is 8.16. The normalized spacial score (nSPS) is 20.8. The Balaban J connectivity index is 2.10. The molecule has 1 aliphatic rings. The number of benzene rings is 1. The molecule has 1 saturated heterocycles. The first kappa shape index (κ1) is 12.8. The van der Waals surface area contributed by atoms with Crippen LogP contribution in [-0.4, -0.2) is 17.7 Å². The van der Waals surface area contributed by atoms with Gasteiger partial charge in [0.15, 0.2) is 0 Å². The summed E-state index contributed by atoms with van der Waals surface area (Å²) in [5.74, 6) is 0.149. The summed E-state index contributed by atoms with van der Waals surface area (Å²) in [6.07, 6.45) is 3.11. The van der Waals surface area contributed by atoms with Gasteiger partial charge in [0.1, 0.15) is 0 Å². The molecule has 1 amide bonds. The van der Waals surface area contributed by atoms with Crippen molar-refractivity contribution in [3.05, 3.63) is 22.7 Å². The number of anilines is 1. The monoisotopic (exact) mass is 314 g/mol. The molecule has 3 nitrogen and oxygen atoms in total. The van der Waals surface area contributed by atoms with E-state index in [0.29, 0.717) is 0 Å². The van der Waals surface area contributed by atoms with Gasteiger partial charge in [0.2, 0.25) is 5.91 Å². The molecule has 0 bridgehead atoms. The minimum atomic E-state index is 0.0115. The summed E-state index contributed by atoms with van der Waals surface area (Å²) in [5, 5.41) is 2.96. The van der Waals surface area contributed by atoms with E-state index in [0.717, 1.165) is 40.9 Å². The van der Waals surface area contributed by atoms with Crippen molar-refractivity contribution in [3.8, 4) is 0 Å². The average molecular weight is 315 g/mol. The van der Waals surface area contributed by atoms with Crippen LogP contribution < -0.4 is 11.1 Å². The molecule has 0 radical (unpaired) electrons. The zero-order chi connectivity index (χ0) is 12.3. The van der Waals surface area contributed by atoms with Gasteiger partial charge in [-0.2, -0.15) is 0 Å². The third kappa shape index (κ3) is 3.39. The molecular weight excluding hydrogens is 300 g/mol. The Morgan fingerprint density at radius 3 is 3.00 bits per heavy atom. The molecule has 1 aromatic rings. The van der Waals surface area contributed by atoms with Crippen molar-refractivity contribution in [1.29, 1.82) is 0 Å². The van der Waals surface area contributed by atoms with Gasteiger partial charge in [0.25, 0.3) is 0 Å². The van der Waals surface area contributed by atoms with Gasteiger partial charge in [-0.15, -0.1) is 11.8 Å². The van der Waals surface area contributed by atoms with Crippen LogP contribution in [0.4, 0.5) is 5.69 Å². The van der Waals surface area contributed by atoms with Crippen LogP contribution in [0.5, 0.6) is 0 Å². The Hall–Kier alpha value is -0.680. The lowest BCUT2D eigenvalue weighted by molar-refractivity contribution is -0.120. The van der Waals surface area contributed by atoms with Crippen molar-refractivity contribution >= 4 is 39.3 Å². The number of carbonyl (C=O) groups excluding carboxylic acids is 1. The molecule has 1 aromatic carbocycles. The number of nitrogen functional groups attached to an aromatic ring is 1. The molecule has 1 atom stereocenters. The maximum atomic E-state index is 11.8. The summed E-state index contributed by atoms with van der Waals surface area (Å²) < 4.78 is 0.958. The summed E-state index contributed by atoms with van der Waals surface area (Å²) >= 11 is 5.09. The molecule has 0 aliphatic carbocycles. The minimum absolute atomic E-state index is 0.0115. The number of amides is 1. The molecule has 0 spiro atoms. The van der Waals surface area contributed by atoms with E-state index in [4.69, 9.17) is 5.73 Å². The molecule has 1 unspecified atom stereocenters. The van der Waals surface area contributed by atoms with E-state index in [9.17, 15) is 4.79 Å². The summed E-state index contributed by atoms with van der Waals surface area (Å²) in [4.78, 5) is 12.9. The maximum Gasteiger partial charge on any atom is 0.233 e. The highest BCUT2D eigenvalue weighted by Crippen LogP contribution is 2.34. The predicted molar refractivity (Wildman–Crippen MR) is 75.1 cm³/mol. The topological polar surface area (TPSA) is 55.1 Å². The van der Waals surface area contributed by atoms with Crippen molar-refractivity contribution in [3.63, 3.8) is 0 Å². The smallest absolute Gasteiger partial charge is 0.233 e. The molecule has 5 heteroatoms. The number of hydrogen-bond donors (Lipinski definition) is 2. The summed E-state index contributed by atoms with van der Waals surface area (Å²) in [7, 11) is 0. The van der Waals surface area contributed by atoms with Gasteiger partial charge in [0.05, 0.1) is 5.25 Å². The van der Waals surface area contributed by atoms with Crippen LogP contribution >= 0.6 is 27.7 Å². The molecule has 1 fully saturated rings. The second kappa shape index (κ2) is 5.78. The number of hydrogen-bond acceptors (Lipinski definition) is 3. The largest absolute Gasteiger partial charge is 0.399 e. The number of halogens is 1. The van der Waals surface area contributed by atoms with Crippen LogP contribution in [0.15, 0.2) is 27.6 Å². The van der Waals surface area contributed by atoms with Crippen molar-refractivity contribution in [2.75, 3.05) is 12.3 Å². The first-order valence-electron chi connectivity index (χ1n) is 5.66. The SMILES string of the molecule is Nc1ccc(SC2CCCCNC2=O)c(Br)c1. The quantitative estimate of drug-likeness (QED) is 0.825. The Kier molecular flexibility index (Phi) is 4.34. The van der Waals surface area contributed by atoms with Gasteiger partial charge < -0.3 is 11.1 Å².